The van der Waals surface area contributed by atoms with E-state index in [4.69, 9.17) is 5.11 Å². The molecule has 2 rings (SSSR count). The summed E-state index contributed by atoms with van der Waals surface area (Å²) >= 11 is 0. The van der Waals surface area contributed by atoms with E-state index in [1.54, 1.807) is 0 Å². The number of aliphatic hydroxyl groups is 1. The lowest BCUT2D eigenvalue weighted by atomic mass is 10.1. The molecule has 20 heavy (non-hydrogen) atoms. The first kappa shape index (κ1) is 14.5. The minimum absolute atomic E-state index is 0.115. The van der Waals surface area contributed by atoms with Crippen molar-refractivity contribution in [1.82, 2.24) is 4.90 Å². The summed E-state index contributed by atoms with van der Waals surface area (Å²) in [5.74, 6) is -1.26. The third-order valence-corrected chi connectivity index (χ3v) is 3.63. The predicted molar refractivity (Wildman–Crippen MR) is 73.3 cm³/mol. The van der Waals surface area contributed by atoms with Gasteiger partial charge >= 0.3 is 5.97 Å². The number of carboxylic acid groups (broad SMARTS) is 1. The standard InChI is InChI=1S/C15H19NO4/c1-10-2-4-11(5-3-10)6-7-14(18)16-9-12(17)8-13(16)15(19)20/h2-5,12-13,17H,6-9H2,1H3,(H,19,20)/t12-,13+/m1/s1. The van der Waals surface area contributed by atoms with Gasteiger partial charge in [-0.1, -0.05) is 29.8 Å². The number of hydrogen-bond acceptors (Lipinski definition) is 3. The average molecular weight is 277 g/mol. The van der Waals surface area contributed by atoms with Crippen molar-refractivity contribution in [3.63, 3.8) is 0 Å². The smallest absolute Gasteiger partial charge is 0.326 e. The lowest BCUT2D eigenvalue weighted by molar-refractivity contribution is -0.148. The van der Waals surface area contributed by atoms with Crippen LogP contribution in [0.4, 0.5) is 0 Å². The number of aryl methyl sites for hydroxylation is 2. The highest BCUT2D eigenvalue weighted by Gasteiger charge is 2.38. The van der Waals surface area contributed by atoms with Crippen molar-refractivity contribution in [1.29, 1.82) is 0 Å². The topological polar surface area (TPSA) is 77.8 Å². The summed E-state index contributed by atoms with van der Waals surface area (Å²) in [4.78, 5) is 24.4. The van der Waals surface area contributed by atoms with Crippen LogP contribution in [-0.4, -0.2) is 45.7 Å². The zero-order valence-corrected chi connectivity index (χ0v) is 11.5. The van der Waals surface area contributed by atoms with Gasteiger partial charge in [0, 0.05) is 19.4 Å². The van der Waals surface area contributed by atoms with Gasteiger partial charge in [0.2, 0.25) is 5.91 Å². The summed E-state index contributed by atoms with van der Waals surface area (Å²) in [5, 5.41) is 18.6. The SMILES string of the molecule is Cc1ccc(CCC(=O)N2C[C@H](O)C[C@H]2C(=O)O)cc1. The van der Waals surface area contributed by atoms with E-state index in [1.165, 1.54) is 4.90 Å². The normalized spacial score (nSPS) is 22.0. The molecule has 2 N–H and O–H groups in total. The third-order valence-electron chi connectivity index (χ3n) is 3.63. The van der Waals surface area contributed by atoms with Gasteiger partial charge in [-0.2, -0.15) is 0 Å². The van der Waals surface area contributed by atoms with Crippen LogP contribution in [0.15, 0.2) is 24.3 Å². The Morgan fingerprint density at radius 2 is 1.95 bits per heavy atom. The molecule has 1 amide bonds. The van der Waals surface area contributed by atoms with Crippen LogP contribution in [0.1, 0.15) is 24.0 Å². The monoisotopic (exact) mass is 277 g/mol. The second kappa shape index (κ2) is 6.05. The van der Waals surface area contributed by atoms with Gasteiger partial charge < -0.3 is 15.1 Å². The molecule has 1 heterocycles. The molecule has 0 aromatic heterocycles. The second-order valence-electron chi connectivity index (χ2n) is 5.28. The first-order valence-electron chi connectivity index (χ1n) is 6.73. The Labute approximate surface area is 117 Å². The van der Waals surface area contributed by atoms with Crippen molar-refractivity contribution in [3.05, 3.63) is 35.4 Å². The molecule has 5 nitrogen and oxygen atoms in total. The van der Waals surface area contributed by atoms with Crippen molar-refractivity contribution in [3.8, 4) is 0 Å². The summed E-state index contributed by atoms with van der Waals surface area (Å²) in [6.07, 6.45) is 0.225. The van der Waals surface area contributed by atoms with Gasteiger partial charge in [0.15, 0.2) is 0 Å². The molecule has 0 saturated carbocycles. The van der Waals surface area contributed by atoms with Crippen LogP contribution in [0.2, 0.25) is 0 Å². The number of benzene rings is 1. The number of likely N-dealkylation sites (tertiary alicyclic amines) is 1. The van der Waals surface area contributed by atoms with E-state index in [0.717, 1.165) is 11.1 Å². The summed E-state index contributed by atoms with van der Waals surface area (Å²) < 4.78 is 0. The molecule has 1 aromatic carbocycles. The number of rotatable bonds is 4. The number of carbonyl (C=O) groups excluding carboxylic acids is 1. The molecule has 5 heteroatoms. The highest BCUT2D eigenvalue weighted by atomic mass is 16.4. The maximum Gasteiger partial charge on any atom is 0.326 e. The lowest BCUT2D eigenvalue weighted by Gasteiger charge is -2.21. The molecule has 2 atom stereocenters. The Morgan fingerprint density at radius 1 is 1.30 bits per heavy atom. The maximum absolute atomic E-state index is 12.1. The summed E-state index contributed by atoms with van der Waals surface area (Å²) in [6, 6.07) is 7.01. The Kier molecular flexibility index (Phi) is 4.39. The van der Waals surface area contributed by atoms with Gasteiger partial charge in [0.25, 0.3) is 0 Å². The first-order chi connectivity index (χ1) is 9.47. The van der Waals surface area contributed by atoms with Gasteiger partial charge in [-0.3, -0.25) is 4.79 Å². The Bertz CT molecular complexity index is 497. The molecule has 0 aliphatic carbocycles. The molecule has 0 spiro atoms. The van der Waals surface area contributed by atoms with Gasteiger partial charge in [0.1, 0.15) is 6.04 Å². The van der Waals surface area contributed by atoms with Crippen molar-refractivity contribution < 1.29 is 19.8 Å². The Balaban J connectivity index is 1.94. The molecule has 1 fully saturated rings. The number of nitrogens with zero attached hydrogens (tertiary/aromatic N) is 1. The lowest BCUT2D eigenvalue weighted by Crippen LogP contribution is -2.40. The van der Waals surface area contributed by atoms with E-state index in [9.17, 15) is 14.7 Å². The maximum atomic E-state index is 12.1. The number of carbonyl (C=O) groups is 2. The van der Waals surface area contributed by atoms with E-state index in [1.807, 2.05) is 31.2 Å². The molecule has 1 aliphatic heterocycles. The number of carboxylic acids is 1. The van der Waals surface area contributed by atoms with E-state index in [2.05, 4.69) is 0 Å². The van der Waals surface area contributed by atoms with E-state index >= 15 is 0 Å². The van der Waals surface area contributed by atoms with Crippen LogP contribution in [0.25, 0.3) is 0 Å². The third kappa shape index (κ3) is 3.36. The van der Waals surface area contributed by atoms with Gasteiger partial charge in [-0.25, -0.2) is 4.79 Å². The van der Waals surface area contributed by atoms with Crippen LogP contribution in [-0.2, 0) is 16.0 Å². The fraction of sp³-hybridized carbons (Fsp3) is 0.467. The summed E-state index contributed by atoms with van der Waals surface area (Å²) in [7, 11) is 0. The van der Waals surface area contributed by atoms with E-state index in [0.29, 0.717) is 6.42 Å². The van der Waals surface area contributed by atoms with Crippen molar-refractivity contribution in [2.75, 3.05) is 6.54 Å². The molecular weight excluding hydrogens is 258 g/mol. The largest absolute Gasteiger partial charge is 0.480 e. The second-order valence-corrected chi connectivity index (χ2v) is 5.28. The van der Waals surface area contributed by atoms with Crippen molar-refractivity contribution in [2.24, 2.45) is 0 Å². The van der Waals surface area contributed by atoms with Gasteiger partial charge in [-0.05, 0) is 18.9 Å². The molecule has 108 valence electrons. The van der Waals surface area contributed by atoms with Crippen LogP contribution < -0.4 is 0 Å². The number of aliphatic carboxylic acids is 1. The molecule has 0 radical (unpaired) electrons. The summed E-state index contributed by atoms with van der Waals surface area (Å²) in [5.41, 5.74) is 2.21. The zero-order valence-electron chi connectivity index (χ0n) is 11.5. The fourth-order valence-electron chi connectivity index (χ4n) is 2.47. The van der Waals surface area contributed by atoms with Gasteiger partial charge in [0.05, 0.1) is 6.10 Å². The highest BCUT2D eigenvalue weighted by Crippen LogP contribution is 2.20. The fourth-order valence-corrected chi connectivity index (χ4v) is 2.47. The highest BCUT2D eigenvalue weighted by molar-refractivity contribution is 5.84. The molecule has 1 aromatic rings. The number of amides is 1. The number of aliphatic hydroxyl groups excluding tert-OH is 1. The van der Waals surface area contributed by atoms with Crippen LogP contribution in [0.3, 0.4) is 0 Å². The van der Waals surface area contributed by atoms with Crippen molar-refractivity contribution in [2.45, 2.75) is 38.3 Å². The van der Waals surface area contributed by atoms with Crippen molar-refractivity contribution >= 4 is 11.9 Å². The number of hydrogen-bond donors (Lipinski definition) is 2. The van der Waals surface area contributed by atoms with Crippen LogP contribution >= 0.6 is 0 Å². The molecule has 0 bridgehead atoms. The zero-order chi connectivity index (χ0) is 14.7. The van der Waals surface area contributed by atoms with E-state index < -0.39 is 18.1 Å². The Morgan fingerprint density at radius 3 is 2.55 bits per heavy atom. The van der Waals surface area contributed by atoms with Crippen LogP contribution in [0, 0.1) is 6.92 Å². The molecule has 0 unspecified atom stereocenters. The Hall–Kier alpha value is -1.88. The van der Waals surface area contributed by atoms with E-state index in [-0.39, 0.29) is 25.3 Å². The van der Waals surface area contributed by atoms with Crippen LogP contribution in [0.5, 0.6) is 0 Å². The first-order valence-corrected chi connectivity index (χ1v) is 6.73. The minimum atomic E-state index is -1.05. The quantitative estimate of drug-likeness (QED) is 0.859. The van der Waals surface area contributed by atoms with Gasteiger partial charge in [-0.15, -0.1) is 0 Å². The minimum Gasteiger partial charge on any atom is -0.480 e. The average Bonchev–Trinajstić information content (AvgIpc) is 2.80. The number of β-amino-alcohol motifs (C(OH)–C–C–N with tert-alkyl or cyclic N) is 1. The molecule has 1 saturated heterocycles. The predicted octanol–water partition coefficient (Wildman–Crippen LogP) is 0.974. The molecular formula is C15H19NO4. The molecule has 1 aliphatic rings. The summed E-state index contributed by atoms with van der Waals surface area (Å²) in [6.45, 7) is 2.11.